The lowest BCUT2D eigenvalue weighted by Gasteiger charge is -2.52. The van der Waals surface area contributed by atoms with Gasteiger partial charge in [0.05, 0.1) is 13.2 Å². The second-order valence-corrected chi connectivity index (χ2v) is 19.6. The molecule has 1 aromatic heterocycles. The molecule has 2 aliphatic rings. The lowest BCUT2D eigenvalue weighted by molar-refractivity contribution is -0.134. The lowest BCUT2D eigenvalue weighted by atomic mass is 9.95. The van der Waals surface area contributed by atoms with Crippen molar-refractivity contribution >= 4 is 17.1 Å². The number of H-pyrrole nitrogens is 1. The Labute approximate surface area is 202 Å². The van der Waals surface area contributed by atoms with Crippen LogP contribution in [0.5, 0.6) is 0 Å². The van der Waals surface area contributed by atoms with E-state index in [1.54, 1.807) is 0 Å². The van der Waals surface area contributed by atoms with Crippen molar-refractivity contribution in [2.45, 2.75) is 102 Å². The molecule has 3 rings (SSSR count). The van der Waals surface area contributed by atoms with E-state index in [9.17, 15) is 19.8 Å². The minimum atomic E-state index is -3.08. The molecule has 3 N–H and O–H groups in total. The van der Waals surface area contributed by atoms with Crippen molar-refractivity contribution in [1.82, 2.24) is 9.55 Å². The zero-order valence-electron chi connectivity index (χ0n) is 21.4. The Balaban J connectivity index is 2.18. The molecular weight excluding hydrogens is 476 g/mol. The number of rotatable bonds is 6. The molecule has 0 aliphatic carbocycles. The molecule has 3 heterocycles. The molecule has 12 heteroatoms. The highest BCUT2D eigenvalue weighted by molar-refractivity contribution is 6.84. The van der Waals surface area contributed by atoms with Gasteiger partial charge in [-0.2, -0.15) is 0 Å². The van der Waals surface area contributed by atoms with Crippen LogP contribution in [0.25, 0.3) is 0 Å². The molecule has 34 heavy (non-hydrogen) atoms. The van der Waals surface area contributed by atoms with Gasteiger partial charge in [-0.3, -0.25) is 14.3 Å². The first-order valence-electron chi connectivity index (χ1n) is 12.1. The number of hydrogen-bond acceptors (Lipinski definition) is 8. The van der Waals surface area contributed by atoms with E-state index < -0.39 is 59.0 Å². The molecular formula is C22H40N2O8Si2. The van der Waals surface area contributed by atoms with Crippen LogP contribution in [0.4, 0.5) is 0 Å². The van der Waals surface area contributed by atoms with Crippen LogP contribution in [-0.4, -0.2) is 67.9 Å². The van der Waals surface area contributed by atoms with E-state index in [0.29, 0.717) is 0 Å². The molecule has 1 aromatic rings. The van der Waals surface area contributed by atoms with E-state index in [4.69, 9.17) is 17.7 Å². The number of aromatic amines is 1. The molecule has 0 saturated carbocycles. The van der Waals surface area contributed by atoms with Gasteiger partial charge in [0.25, 0.3) is 5.56 Å². The second kappa shape index (κ2) is 9.73. The van der Waals surface area contributed by atoms with Crippen molar-refractivity contribution < 1.29 is 27.9 Å². The smallest absolute Gasteiger partial charge is 0.335 e. The van der Waals surface area contributed by atoms with Crippen LogP contribution in [0.2, 0.25) is 22.2 Å². The number of nitrogens with zero attached hydrogens (tertiary/aromatic N) is 1. The summed E-state index contributed by atoms with van der Waals surface area (Å²) in [6.07, 6.45) is -1.78. The van der Waals surface area contributed by atoms with Gasteiger partial charge in [0.1, 0.15) is 12.2 Å². The third-order valence-electron chi connectivity index (χ3n) is 7.24. The van der Waals surface area contributed by atoms with Gasteiger partial charge < -0.3 is 27.9 Å². The monoisotopic (exact) mass is 516 g/mol. The number of ether oxygens (including phenoxy) is 1. The van der Waals surface area contributed by atoms with Crippen LogP contribution in [0, 0.1) is 0 Å². The SMILES string of the molecule is CC(C)[Si]1(C(C)C)OC[C@H]2O[C@@H](n3ccc(=O)[nH]c3=O)[C@@](O)(CO)[C@@H]2O[Si](C(C)C)(C(C)C)O1. The van der Waals surface area contributed by atoms with E-state index >= 15 is 0 Å². The van der Waals surface area contributed by atoms with E-state index in [-0.39, 0.29) is 28.8 Å². The minimum absolute atomic E-state index is 0.0111. The third-order valence-corrected chi connectivity index (χ3v) is 17.5. The summed E-state index contributed by atoms with van der Waals surface area (Å²) in [5.74, 6) is 0. The molecule has 0 spiro atoms. The predicted octanol–water partition coefficient (Wildman–Crippen LogP) is 2.11. The topological polar surface area (TPSA) is 132 Å². The number of aliphatic hydroxyl groups is 2. The van der Waals surface area contributed by atoms with E-state index in [2.05, 4.69) is 60.4 Å². The standard InChI is InChI=1S/C22H40N2O8Si2/c1-13(2)33(14(3)4)29-11-17-19(31-34(32-33,15(5)6)16(7)8)22(28,12-25)20(30-17)24-10-9-18(26)23-21(24)27/h9-10,13-17,19-20,25,28H,11-12H2,1-8H3,(H,23,26,27)/t17-,19-,20-,22-/m1/s1. The van der Waals surface area contributed by atoms with Gasteiger partial charge in [-0.05, 0) is 22.2 Å². The molecule has 2 saturated heterocycles. The molecule has 2 fully saturated rings. The Bertz CT molecular complexity index is 962. The first-order valence-corrected chi connectivity index (χ1v) is 16.0. The maximum absolute atomic E-state index is 12.6. The normalized spacial score (nSPS) is 31.2. The molecule has 0 radical (unpaired) electrons. The zero-order chi connectivity index (χ0) is 25.6. The molecule has 0 bridgehead atoms. The van der Waals surface area contributed by atoms with E-state index in [1.807, 2.05) is 0 Å². The van der Waals surface area contributed by atoms with Gasteiger partial charge in [0, 0.05) is 12.3 Å². The van der Waals surface area contributed by atoms with Crippen molar-refractivity contribution in [2.75, 3.05) is 13.2 Å². The van der Waals surface area contributed by atoms with Crippen LogP contribution >= 0.6 is 0 Å². The Kier molecular flexibility index (Phi) is 7.86. The van der Waals surface area contributed by atoms with Crippen LogP contribution in [0.1, 0.15) is 61.6 Å². The van der Waals surface area contributed by atoms with Gasteiger partial charge in [-0.25, -0.2) is 4.79 Å². The van der Waals surface area contributed by atoms with Gasteiger partial charge >= 0.3 is 22.8 Å². The summed E-state index contributed by atoms with van der Waals surface area (Å²) in [7, 11) is -5.90. The number of hydrogen-bond donors (Lipinski definition) is 3. The number of aliphatic hydroxyl groups excluding tert-OH is 1. The molecule has 0 amide bonds. The number of aromatic nitrogens is 2. The lowest BCUT2D eigenvalue weighted by Crippen LogP contribution is -2.67. The summed E-state index contributed by atoms with van der Waals surface area (Å²) in [4.78, 5) is 26.3. The van der Waals surface area contributed by atoms with Gasteiger partial charge in [-0.15, -0.1) is 0 Å². The Morgan fingerprint density at radius 2 is 1.62 bits per heavy atom. The fraction of sp³-hybridized carbons (Fsp3) is 0.818. The predicted molar refractivity (Wildman–Crippen MR) is 131 cm³/mol. The number of fused-ring (bicyclic) bond motifs is 1. The van der Waals surface area contributed by atoms with Crippen LogP contribution in [-0.2, 0) is 17.7 Å². The fourth-order valence-corrected chi connectivity index (χ4v) is 16.6. The second-order valence-electron chi connectivity index (χ2n) is 10.7. The maximum atomic E-state index is 12.6. The number of nitrogens with one attached hydrogen (secondary N) is 1. The van der Waals surface area contributed by atoms with Crippen molar-refractivity contribution in [2.24, 2.45) is 0 Å². The van der Waals surface area contributed by atoms with Crippen LogP contribution in [0.15, 0.2) is 21.9 Å². The molecule has 2 aliphatic heterocycles. The minimum Gasteiger partial charge on any atom is -0.414 e. The first kappa shape index (κ1) is 27.5. The summed E-state index contributed by atoms with van der Waals surface area (Å²) < 4.78 is 27.9. The average Bonchev–Trinajstić information content (AvgIpc) is 2.98. The molecule has 10 nitrogen and oxygen atoms in total. The van der Waals surface area contributed by atoms with Crippen molar-refractivity contribution in [3.05, 3.63) is 33.1 Å². The molecule has 0 unspecified atom stereocenters. The van der Waals surface area contributed by atoms with E-state index in [1.165, 1.54) is 12.3 Å². The fourth-order valence-electron chi connectivity index (χ4n) is 5.33. The molecule has 194 valence electrons. The van der Waals surface area contributed by atoms with Crippen molar-refractivity contribution in [3.8, 4) is 0 Å². The first-order chi connectivity index (χ1) is 15.7. The van der Waals surface area contributed by atoms with Crippen molar-refractivity contribution in [1.29, 1.82) is 0 Å². The summed E-state index contributed by atoms with van der Waals surface area (Å²) in [6.45, 7) is 16.0. The van der Waals surface area contributed by atoms with Gasteiger partial charge in [-0.1, -0.05) is 55.4 Å². The summed E-state index contributed by atoms with van der Waals surface area (Å²) in [5.41, 5.74) is -2.99. The van der Waals surface area contributed by atoms with Crippen LogP contribution in [0.3, 0.4) is 0 Å². The zero-order valence-corrected chi connectivity index (χ0v) is 23.4. The van der Waals surface area contributed by atoms with E-state index in [0.717, 1.165) is 4.57 Å². The van der Waals surface area contributed by atoms with Gasteiger partial charge in [0.2, 0.25) is 0 Å². The maximum Gasteiger partial charge on any atom is 0.335 e. The highest BCUT2D eigenvalue weighted by Crippen LogP contribution is 2.50. The summed E-state index contributed by atoms with van der Waals surface area (Å²) in [5, 5.41) is 22.1. The highest BCUT2D eigenvalue weighted by atomic mass is 28.5. The summed E-state index contributed by atoms with van der Waals surface area (Å²) >= 11 is 0. The third kappa shape index (κ3) is 4.32. The molecule has 0 aromatic carbocycles. The quantitative estimate of drug-likeness (QED) is 0.490. The largest absolute Gasteiger partial charge is 0.414 e. The van der Waals surface area contributed by atoms with Crippen molar-refractivity contribution in [3.63, 3.8) is 0 Å². The summed E-state index contributed by atoms with van der Waals surface area (Å²) in [6, 6.07) is 1.17. The molecule has 4 atom stereocenters. The van der Waals surface area contributed by atoms with Crippen LogP contribution < -0.4 is 11.2 Å². The average molecular weight is 517 g/mol. The Morgan fingerprint density at radius 1 is 1.06 bits per heavy atom. The Hall–Kier alpha value is -1.13. The Morgan fingerprint density at radius 3 is 2.09 bits per heavy atom. The highest BCUT2D eigenvalue weighted by Gasteiger charge is 2.65. The van der Waals surface area contributed by atoms with Gasteiger partial charge in [0.15, 0.2) is 11.8 Å².